The maximum absolute atomic E-state index is 11.7. The maximum Gasteiger partial charge on any atom is 0.154 e. The molecular formula is C10H19NO2S. The molecule has 0 aromatic rings. The van der Waals surface area contributed by atoms with Crippen LogP contribution in [0.15, 0.2) is 0 Å². The first-order chi connectivity index (χ1) is 6.59. The van der Waals surface area contributed by atoms with Crippen LogP contribution in [0.3, 0.4) is 0 Å². The van der Waals surface area contributed by atoms with Crippen LogP contribution in [0.4, 0.5) is 0 Å². The van der Waals surface area contributed by atoms with Crippen molar-refractivity contribution in [3.63, 3.8) is 0 Å². The van der Waals surface area contributed by atoms with E-state index in [-0.39, 0.29) is 11.3 Å². The maximum atomic E-state index is 11.7. The zero-order chi connectivity index (χ0) is 10.2. The zero-order valence-corrected chi connectivity index (χ0v) is 9.30. The summed E-state index contributed by atoms with van der Waals surface area (Å²) in [4.78, 5) is 0. The number of sulfone groups is 1. The van der Waals surface area contributed by atoms with Gasteiger partial charge >= 0.3 is 0 Å². The summed E-state index contributed by atoms with van der Waals surface area (Å²) in [6.45, 7) is 0. The summed E-state index contributed by atoms with van der Waals surface area (Å²) in [5.74, 6) is 1.08. The summed E-state index contributed by atoms with van der Waals surface area (Å²) in [5, 5.41) is -0.239. The lowest BCUT2D eigenvalue weighted by Crippen LogP contribution is -2.43. The monoisotopic (exact) mass is 217 g/mol. The van der Waals surface area contributed by atoms with E-state index >= 15 is 0 Å². The largest absolute Gasteiger partial charge is 0.327 e. The molecule has 14 heavy (non-hydrogen) atoms. The lowest BCUT2D eigenvalue weighted by Gasteiger charge is -2.27. The SMILES string of the molecule is NC(CC1CC1)C1CCCCS1(=O)=O. The van der Waals surface area contributed by atoms with Gasteiger partial charge in [0.25, 0.3) is 0 Å². The van der Waals surface area contributed by atoms with E-state index in [9.17, 15) is 8.42 Å². The van der Waals surface area contributed by atoms with Crippen LogP contribution in [0, 0.1) is 5.92 Å². The second-order valence-corrected chi connectivity index (χ2v) is 7.08. The first-order valence-corrected chi connectivity index (χ1v) is 7.28. The lowest BCUT2D eigenvalue weighted by atomic mass is 10.0. The Morgan fingerprint density at radius 2 is 1.93 bits per heavy atom. The molecule has 0 aromatic carbocycles. The third kappa shape index (κ3) is 2.28. The zero-order valence-electron chi connectivity index (χ0n) is 8.48. The van der Waals surface area contributed by atoms with Crippen molar-refractivity contribution < 1.29 is 8.42 Å². The third-order valence-corrected chi connectivity index (χ3v) is 5.77. The molecule has 2 atom stereocenters. The molecule has 0 radical (unpaired) electrons. The third-order valence-electron chi connectivity index (χ3n) is 3.41. The molecule has 82 valence electrons. The van der Waals surface area contributed by atoms with Crippen molar-refractivity contribution in [2.45, 2.75) is 49.8 Å². The Morgan fingerprint density at radius 1 is 1.21 bits per heavy atom. The summed E-state index contributed by atoms with van der Waals surface area (Å²) in [6, 6.07) is -0.104. The van der Waals surface area contributed by atoms with Gasteiger partial charge < -0.3 is 5.73 Å². The quantitative estimate of drug-likeness (QED) is 0.769. The topological polar surface area (TPSA) is 60.2 Å². The van der Waals surface area contributed by atoms with Crippen LogP contribution in [0.25, 0.3) is 0 Å². The molecule has 2 rings (SSSR count). The molecule has 2 unspecified atom stereocenters. The van der Waals surface area contributed by atoms with E-state index in [0.29, 0.717) is 5.75 Å². The minimum atomic E-state index is -2.87. The molecule has 1 saturated heterocycles. The van der Waals surface area contributed by atoms with Crippen molar-refractivity contribution in [3.8, 4) is 0 Å². The molecule has 0 amide bonds. The molecule has 1 heterocycles. The molecule has 0 bridgehead atoms. The summed E-state index contributed by atoms with van der Waals surface area (Å²) in [5.41, 5.74) is 5.99. The number of nitrogens with two attached hydrogens (primary N) is 1. The molecule has 1 aliphatic carbocycles. The van der Waals surface area contributed by atoms with Crippen LogP contribution >= 0.6 is 0 Å². The summed E-state index contributed by atoms with van der Waals surface area (Å²) >= 11 is 0. The molecule has 2 N–H and O–H groups in total. The van der Waals surface area contributed by atoms with E-state index in [4.69, 9.17) is 5.73 Å². The summed E-state index contributed by atoms with van der Waals surface area (Å²) in [7, 11) is -2.87. The average molecular weight is 217 g/mol. The van der Waals surface area contributed by atoms with E-state index in [1.54, 1.807) is 0 Å². The number of hydrogen-bond donors (Lipinski definition) is 1. The highest BCUT2D eigenvalue weighted by atomic mass is 32.2. The van der Waals surface area contributed by atoms with Gasteiger partial charge in [-0.1, -0.05) is 19.3 Å². The van der Waals surface area contributed by atoms with Crippen LogP contribution in [0.2, 0.25) is 0 Å². The van der Waals surface area contributed by atoms with Crippen LogP contribution in [0.5, 0.6) is 0 Å². The average Bonchev–Trinajstić information content (AvgIpc) is 2.87. The molecular weight excluding hydrogens is 198 g/mol. The fourth-order valence-corrected chi connectivity index (χ4v) is 4.43. The van der Waals surface area contributed by atoms with Crippen LogP contribution in [-0.4, -0.2) is 25.5 Å². The van der Waals surface area contributed by atoms with E-state index in [1.165, 1.54) is 12.8 Å². The van der Waals surface area contributed by atoms with E-state index in [2.05, 4.69) is 0 Å². The summed E-state index contributed by atoms with van der Waals surface area (Å²) < 4.78 is 23.5. The van der Waals surface area contributed by atoms with Gasteiger partial charge in [0.15, 0.2) is 9.84 Å². The Labute approximate surface area is 86.0 Å². The Kier molecular flexibility index (Phi) is 2.84. The molecule has 0 aromatic heterocycles. The van der Waals surface area contributed by atoms with Gasteiger partial charge in [0, 0.05) is 6.04 Å². The fraction of sp³-hybridized carbons (Fsp3) is 1.00. The predicted molar refractivity (Wildman–Crippen MR) is 56.7 cm³/mol. The van der Waals surface area contributed by atoms with E-state index in [0.717, 1.165) is 31.6 Å². The molecule has 1 saturated carbocycles. The second-order valence-electron chi connectivity index (χ2n) is 4.74. The highest BCUT2D eigenvalue weighted by molar-refractivity contribution is 7.92. The first kappa shape index (κ1) is 10.4. The van der Waals surface area contributed by atoms with Crippen LogP contribution in [0.1, 0.15) is 38.5 Å². The molecule has 2 fully saturated rings. The van der Waals surface area contributed by atoms with Crippen LogP contribution in [-0.2, 0) is 9.84 Å². The fourth-order valence-electron chi connectivity index (χ4n) is 2.35. The van der Waals surface area contributed by atoms with Gasteiger partial charge in [-0.15, -0.1) is 0 Å². The molecule has 0 spiro atoms. The summed E-state index contributed by atoms with van der Waals surface area (Å²) in [6.07, 6.45) is 6.07. The smallest absolute Gasteiger partial charge is 0.154 e. The van der Waals surface area contributed by atoms with Crippen molar-refractivity contribution in [2.75, 3.05) is 5.75 Å². The minimum absolute atomic E-state index is 0.104. The normalized spacial score (nSPS) is 33.9. The first-order valence-electron chi connectivity index (χ1n) is 5.57. The Morgan fingerprint density at radius 3 is 2.50 bits per heavy atom. The van der Waals surface area contributed by atoms with Gasteiger partial charge in [-0.05, 0) is 25.2 Å². The van der Waals surface area contributed by atoms with Crippen molar-refractivity contribution in [1.82, 2.24) is 0 Å². The second kappa shape index (κ2) is 3.81. The standard InChI is InChI=1S/C10H19NO2S/c11-9(7-8-4-5-8)10-3-1-2-6-14(10,12)13/h8-10H,1-7,11H2. The molecule has 3 nitrogen and oxygen atoms in total. The van der Waals surface area contributed by atoms with Gasteiger partial charge in [-0.2, -0.15) is 0 Å². The molecule has 2 aliphatic rings. The van der Waals surface area contributed by atoms with Crippen molar-refractivity contribution >= 4 is 9.84 Å². The molecule has 4 heteroatoms. The Bertz CT molecular complexity index is 295. The predicted octanol–water partition coefficient (Wildman–Crippen LogP) is 1.08. The van der Waals surface area contributed by atoms with E-state index < -0.39 is 9.84 Å². The van der Waals surface area contributed by atoms with Gasteiger partial charge in [0.05, 0.1) is 11.0 Å². The van der Waals surface area contributed by atoms with Crippen molar-refractivity contribution in [2.24, 2.45) is 11.7 Å². The van der Waals surface area contributed by atoms with E-state index in [1.807, 2.05) is 0 Å². The van der Waals surface area contributed by atoms with Gasteiger partial charge in [0.2, 0.25) is 0 Å². The van der Waals surface area contributed by atoms with Gasteiger partial charge in [0.1, 0.15) is 0 Å². The van der Waals surface area contributed by atoms with Crippen molar-refractivity contribution in [1.29, 1.82) is 0 Å². The number of hydrogen-bond acceptors (Lipinski definition) is 3. The Balaban J connectivity index is 1.98. The van der Waals surface area contributed by atoms with Crippen molar-refractivity contribution in [3.05, 3.63) is 0 Å². The van der Waals surface area contributed by atoms with Gasteiger partial charge in [-0.25, -0.2) is 8.42 Å². The van der Waals surface area contributed by atoms with Gasteiger partial charge in [-0.3, -0.25) is 0 Å². The molecule has 1 aliphatic heterocycles. The highest BCUT2D eigenvalue weighted by Crippen LogP contribution is 2.35. The highest BCUT2D eigenvalue weighted by Gasteiger charge is 2.36. The number of rotatable bonds is 3. The van der Waals surface area contributed by atoms with Crippen LogP contribution < -0.4 is 5.73 Å². The lowest BCUT2D eigenvalue weighted by molar-refractivity contribution is 0.467. The minimum Gasteiger partial charge on any atom is -0.327 e. The Hall–Kier alpha value is -0.0900.